The number of halogens is 2. The van der Waals surface area contributed by atoms with Crippen molar-refractivity contribution in [2.24, 2.45) is 0 Å². The maximum Gasteiger partial charge on any atom is 0.218 e. The van der Waals surface area contributed by atoms with Crippen LogP contribution < -0.4 is 0 Å². The molecule has 108 valence electrons. The number of nitriles is 2. The third-order valence-electron chi connectivity index (χ3n) is 2.34. The van der Waals surface area contributed by atoms with Gasteiger partial charge in [-0.1, -0.05) is 23.2 Å². The van der Waals surface area contributed by atoms with Gasteiger partial charge in [-0.15, -0.1) is 0 Å². The smallest absolute Gasteiger partial charge is 0.218 e. The predicted molar refractivity (Wildman–Crippen MR) is 75.3 cm³/mol. The van der Waals surface area contributed by atoms with Crippen LogP contribution >= 0.6 is 23.2 Å². The molecule has 2 rings (SSSR count). The largest absolute Gasteiger partial charge is 0.290 e. The van der Waals surface area contributed by atoms with E-state index < -0.39 is 32.8 Å². The molecule has 2 aliphatic rings. The number of allylic oxidation sites excluding steroid dienone is 8. The Hall–Kier alpha value is -2.80. The van der Waals surface area contributed by atoms with Gasteiger partial charge in [-0.2, -0.15) is 10.5 Å². The number of carbonyl (C=O) groups is 4. The maximum atomic E-state index is 11.2. The summed E-state index contributed by atoms with van der Waals surface area (Å²) in [5.74, 6) is -2.03. The lowest BCUT2D eigenvalue weighted by molar-refractivity contribution is -0.115. The van der Waals surface area contributed by atoms with E-state index in [2.05, 4.69) is 0 Å². The van der Waals surface area contributed by atoms with Gasteiger partial charge in [0.15, 0.2) is 11.6 Å². The van der Waals surface area contributed by atoms with E-state index in [0.29, 0.717) is 0 Å². The molecule has 0 aromatic rings. The zero-order valence-electron chi connectivity index (χ0n) is 10.6. The average molecular weight is 335 g/mol. The molecule has 8 heteroatoms. The van der Waals surface area contributed by atoms with Crippen LogP contribution in [-0.2, 0) is 19.2 Å². The van der Waals surface area contributed by atoms with Crippen molar-refractivity contribution in [2.75, 3.05) is 0 Å². The Morgan fingerprint density at radius 2 is 0.955 bits per heavy atom. The fourth-order valence-electron chi connectivity index (χ4n) is 1.30. The van der Waals surface area contributed by atoms with Gasteiger partial charge in [0.1, 0.15) is 33.3 Å². The van der Waals surface area contributed by atoms with Gasteiger partial charge in [-0.05, 0) is 24.3 Å². The minimum Gasteiger partial charge on any atom is -0.290 e. The Morgan fingerprint density at radius 1 is 0.682 bits per heavy atom. The molecule has 0 aliphatic heterocycles. The molecule has 0 aromatic carbocycles. The van der Waals surface area contributed by atoms with Crippen molar-refractivity contribution in [2.45, 2.75) is 0 Å². The third kappa shape index (κ3) is 3.64. The Labute approximate surface area is 134 Å². The lowest BCUT2D eigenvalue weighted by Gasteiger charge is -2.08. The van der Waals surface area contributed by atoms with E-state index >= 15 is 0 Å². The van der Waals surface area contributed by atoms with Crippen molar-refractivity contribution in [3.05, 3.63) is 45.5 Å². The monoisotopic (exact) mass is 334 g/mol. The summed E-state index contributed by atoms with van der Waals surface area (Å²) in [5, 5.41) is 16.0. The number of hydrogen-bond acceptors (Lipinski definition) is 6. The molecule has 0 aromatic heterocycles. The SMILES string of the molecule is N#CC1=C(C#N)C(=O)C(Cl)=C(Cl)C1=O.O=C1C=CC(=O)C=C1. The fraction of sp³-hybridized carbons (Fsp3) is 0. The Bertz CT molecular complexity index is 720. The zero-order chi connectivity index (χ0) is 16.9. The molecule has 6 nitrogen and oxygen atoms in total. The summed E-state index contributed by atoms with van der Waals surface area (Å²) in [7, 11) is 0. The Morgan fingerprint density at radius 3 is 1.18 bits per heavy atom. The predicted octanol–water partition coefficient (Wildman–Crippen LogP) is 1.42. The molecular weight excluding hydrogens is 331 g/mol. The first kappa shape index (κ1) is 17.3. The number of rotatable bonds is 0. The topological polar surface area (TPSA) is 116 Å². The van der Waals surface area contributed by atoms with Crippen LogP contribution in [0.25, 0.3) is 0 Å². The molecule has 0 saturated carbocycles. The van der Waals surface area contributed by atoms with Crippen LogP contribution in [0.3, 0.4) is 0 Å². The van der Waals surface area contributed by atoms with Gasteiger partial charge in [-0.25, -0.2) is 0 Å². The summed E-state index contributed by atoms with van der Waals surface area (Å²) in [5.41, 5.74) is -1.13. The first-order valence-corrected chi connectivity index (χ1v) is 6.22. The van der Waals surface area contributed by atoms with Crippen LogP contribution in [0.15, 0.2) is 45.5 Å². The maximum absolute atomic E-state index is 11.2. The molecule has 0 bridgehead atoms. The molecule has 0 atom stereocenters. The number of nitrogens with zero attached hydrogens (tertiary/aromatic N) is 2. The Kier molecular flexibility index (Phi) is 5.71. The summed E-state index contributed by atoms with van der Waals surface area (Å²) < 4.78 is 0. The first-order chi connectivity index (χ1) is 10.3. The van der Waals surface area contributed by atoms with Gasteiger partial charge in [0.25, 0.3) is 0 Å². The van der Waals surface area contributed by atoms with Crippen molar-refractivity contribution in [3.63, 3.8) is 0 Å². The van der Waals surface area contributed by atoms with Crippen LogP contribution in [0, 0.1) is 22.7 Å². The quantitative estimate of drug-likeness (QED) is 0.618. The van der Waals surface area contributed by atoms with E-state index in [4.69, 9.17) is 33.7 Å². The van der Waals surface area contributed by atoms with Crippen molar-refractivity contribution in [1.82, 2.24) is 0 Å². The lowest BCUT2D eigenvalue weighted by atomic mass is 9.96. The van der Waals surface area contributed by atoms with Crippen LogP contribution in [0.4, 0.5) is 0 Å². The van der Waals surface area contributed by atoms with Gasteiger partial charge in [0.2, 0.25) is 11.6 Å². The van der Waals surface area contributed by atoms with Gasteiger partial charge in [0, 0.05) is 0 Å². The summed E-state index contributed by atoms with van der Waals surface area (Å²) >= 11 is 10.8. The molecule has 0 radical (unpaired) electrons. The number of carbonyl (C=O) groups excluding carboxylic acids is 4. The standard InChI is InChI=1S/C8Cl2N2O2.C6H4O2/c9-5-6(10)8(14)4(2-12)3(1-11)7(5)13;7-5-1-2-6(8)4-3-5/h;1-4H. The van der Waals surface area contributed by atoms with Crippen molar-refractivity contribution in [3.8, 4) is 12.1 Å². The van der Waals surface area contributed by atoms with E-state index in [1.807, 2.05) is 0 Å². The molecular formula is C14H4Cl2N2O4. The van der Waals surface area contributed by atoms with E-state index in [1.165, 1.54) is 36.4 Å². The summed E-state index contributed by atoms with van der Waals surface area (Å²) in [6.07, 6.45) is 5.01. The summed E-state index contributed by atoms with van der Waals surface area (Å²) in [6.45, 7) is 0. The molecule has 0 spiro atoms. The number of ketones is 4. The van der Waals surface area contributed by atoms with Gasteiger partial charge in [-0.3, -0.25) is 19.2 Å². The van der Waals surface area contributed by atoms with E-state index in [9.17, 15) is 19.2 Å². The lowest BCUT2D eigenvalue weighted by Crippen LogP contribution is -2.18. The van der Waals surface area contributed by atoms with E-state index in [-0.39, 0.29) is 11.6 Å². The van der Waals surface area contributed by atoms with Crippen LogP contribution in [0.5, 0.6) is 0 Å². The summed E-state index contributed by atoms with van der Waals surface area (Å²) in [6, 6.07) is 2.89. The van der Waals surface area contributed by atoms with Gasteiger partial charge < -0.3 is 0 Å². The molecule has 0 unspecified atom stereocenters. The summed E-state index contributed by atoms with van der Waals surface area (Å²) in [4.78, 5) is 43.0. The average Bonchev–Trinajstić information content (AvgIpc) is 2.52. The van der Waals surface area contributed by atoms with Crippen LogP contribution in [0.1, 0.15) is 0 Å². The van der Waals surface area contributed by atoms with Crippen molar-refractivity contribution >= 4 is 46.3 Å². The minimum absolute atomic E-state index is 0.121. The molecule has 0 N–H and O–H groups in total. The normalized spacial score (nSPS) is 17.1. The second-order valence-electron chi connectivity index (χ2n) is 3.73. The highest BCUT2D eigenvalue weighted by atomic mass is 35.5. The highest BCUT2D eigenvalue weighted by Gasteiger charge is 2.33. The van der Waals surface area contributed by atoms with Crippen LogP contribution in [0.2, 0.25) is 0 Å². The number of Topliss-reactive ketones (excluding diaryl/α,β-unsaturated/α-hetero) is 2. The first-order valence-electron chi connectivity index (χ1n) is 5.46. The molecule has 0 heterocycles. The molecule has 22 heavy (non-hydrogen) atoms. The second-order valence-corrected chi connectivity index (χ2v) is 4.49. The highest BCUT2D eigenvalue weighted by Crippen LogP contribution is 2.28. The molecule has 0 saturated heterocycles. The minimum atomic E-state index is -0.893. The number of hydrogen-bond donors (Lipinski definition) is 0. The zero-order valence-corrected chi connectivity index (χ0v) is 12.1. The van der Waals surface area contributed by atoms with Crippen molar-refractivity contribution in [1.29, 1.82) is 10.5 Å². The van der Waals surface area contributed by atoms with Crippen LogP contribution in [-0.4, -0.2) is 23.1 Å². The fourth-order valence-corrected chi connectivity index (χ4v) is 1.66. The third-order valence-corrected chi connectivity index (χ3v) is 3.16. The molecule has 2 aliphatic carbocycles. The van der Waals surface area contributed by atoms with Gasteiger partial charge in [0.05, 0.1) is 0 Å². The van der Waals surface area contributed by atoms with Gasteiger partial charge >= 0.3 is 0 Å². The highest BCUT2D eigenvalue weighted by molar-refractivity contribution is 6.59. The molecule has 0 fully saturated rings. The second kappa shape index (κ2) is 7.28. The van der Waals surface area contributed by atoms with E-state index in [0.717, 1.165) is 0 Å². The van der Waals surface area contributed by atoms with Crippen molar-refractivity contribution < 1.29 is 19.2 Å². The van der Waals surface area contributed by atoms with E-state index in [1.54, 1.807) is 0 Å². The Balaban J connectivity index is 0.000000255. The molecule has 0 amide bonds.